The van der Waals surface area contributed by atoms with Gasteiger partial charge in [-0.2, -0.15) is 0 Å². The molecule has 0 saturated heterocycles. The molecule has 1 amide bonds. The summed E-state index contributed by atoms with van der Waals surface area (Å²) in [5.74, 6) is -0.916. The average molecular weight is 202 g/mol. The predicted molar refractivity (Wildman–Crippen MR) is 44.3 cm³/mol. The molecule has 0 aromatic carbocycles. The van der Waals surface area contributed by atoms with Crippen LogP contribution >= 0.6 is 0 Å². The second-order valence-corrected chi connectivity index (χ2v) is 2.45. The zero-order valence-electron chi connectivity index (χ0n) is 7.33. The van der Waals surface area contributed by atoms with Crippen molar-refractivity contribution in [1.82, 2.24) is 4.98 Å². The van der Waals surface area contributed by atoms with E-state index in [0.29, 0.717) is 0 Å². The number of halogens is 2. The Labute approximate surface area is 78.7 Å². The van der Waals surface area contributed by atoms with Gasteiger partial charge in [0.25, 0.3) is 12.3 Å². The third kappa shape index (κ3) is 1.95. The maximum atomic E-state index is 12.4. The van der Waals surface area contributed by atoms with Gasteiger partial charge in [0.05, 0.1) is 12.7 Å². The third-order valence-corrected chi connectivity index (χ3v) is 1.58. The summed E-state index contributed by atoms with van der Waals surface area (Å²) in [6.07, 6.45) is -2.85. The van der Waals surface area contributed by atoms with E-state index in [1.165, 1.54) is 13.2 Å². The van der Waals surface area contributed by atoms with Gasteiger partial charge in [0.2, 0.25) is 5.88 Å². The number of amides is 1. The maximum absolute atomic E-state index is 12.4. The minimum atomic E-state index is -2.85. The molecule has 0 unspecified atom stereocenters. The first-order chi connectivity index (χ1) is 6.56. The molecule has 1 heterocycles. The smallest absolute Gasteiger partial charge is 0.281 e. The topological polar surface area (TPSA) is 65.2 Å². The quantitative estimate of drug-likeness (QED) is 0.798. The molecule has 0 atom stereocenters. The van der Waals surface area contributed by atoms with E-state index in [9.17, 15) is 13.6 Å². The molecule has 0 spiro atoms. The molecule has 4 nitrogen and oxygen atoms in total. The summed E-state index contributed by atoms with van der Waals surface area (Å²) in [6, 6.07) is 2.46. The summed E-state index contributed by atoms with van der Waals surface area (Å²) >= 11 is 0. The Kier molecular flexibility index (Phi) is 2.95. The summed E-state index contributed by atoms with van der Waals surface area (Å²) in [5, 5.41) is 0. The van der Waals surface area contributed by atoms with Crippen LogP contribution in [0.2, 0.25) is 0 Å². The van der Waals surface area contributed by atoms with E-state index < -0.39 is 18.0 Å². The summed E-state index contributed by atoms with van der Waals surface area (Å²) in [7, 11) is 1.29. The monoisotopic (exact) mass is 202 g/mol. The van der Waals surface area contributed by atoms with Crippen LogP contribution in [0.4, 0.5) is 8.78 Å². The number of pyridine rings is 1. The van der Waals surface area contributed by atoms with Gasteiger partial charge in [-0.1, -0.05) is 0 Å². The first-order valence-electron chi connectivity index (χ1n) is 3.69. The SMILES string of the molecule is COc1ccc(C(N)=O)c(C(F)F)n1. The molecule has 0 fully saturated rings. The third-order valence-electron chi connectivity index (χ3n) is 1.58. The van der Waals surface area contributed by atoms with Crippen LogP contribution in [0.15, 0.2) is 12.1 Å². The number of nitrogens with zero attached hydrogens (tertiary/aromatic N) is 1. The molecule has 0 aliphatic heterocycles. The Hall–Kier alpha value is -1.72. The number of carbonyl (C=O) groups is 1. The highest BCUT2D eigenvalue weighted by atomic mass is 19.3. The van der Waals surface area contributed by atoms with Crippen LogP contribution < -0.4 is 10.5 Å². The molecule has 0 bridgehead atoms. The van der Waals surface area contributed by atoms with Crippen molar-refractivity contribution >= 4 is 5.91 Å². The van der Waals surface area contributed by atoms with Crippen molar-refractivity contribution in [2.24, 2.45) is 5.73 Å². The van der Waals surface area contributed by atoms with Crippen molar-refractivity contribution < 1.29 is 18.3 Å². The molecule has 1 aromatic rings. The Bertz CT molecular complexity index is 355. The Morgan fingerprint density at radius 3 is 2.64 bits per heavy atom. The largest absolute Gasteiger partial charge is 0.481 e. The Morgan fingerprint density at radius 1 is 1.57 bits per heavy atom. The van der Waals surface area contributed by atoms with Crippen molar-refractivity contribution in [3.8, 4) is 5.88 Å². The van der Waals surface area contributed by atoms with Gasteiger partial charge in [-0.05, 0) is 6.07 Å². The fourth-order valence-corrected chi connectivity index (χ4v) is 0.945. The van der Waals surface area contributed by atoms with Crippen LogP contribution in [0.25, 0.3) is 0 Å². The number of hydrogen-bond acceptors (Lipinski definition) is 3. The molecule has 14 heavy (non-hydrogen) atoms. The summed E-state index contributed by atoms with van der Waals surface area (Å²) < 4.78 is 29.4. The summed E-state index contributed by atoms with van der Waals surface area (Å²) in [5.41, 5.74) is 3.94. The van der Waals surface area contributed by atoms with E-state index in [0.717, 1.165) is 6.07 Å². The number of alkyl halides is 2. The van der Waals surface area contributed by atoms with Gasteiger partial charge in [-0.25, -0.2) is 13.8 Å². The summed E-state index contributed by atoms with van der Waals surface area (Å²) in [4.78, 5) is 14.2. The van der Waals surface area contributed by atoms with Crippen LogP contribution in [0, 0.1) is 0 Å². The number of aromatic nitrogens is 1. The molecule has 2 N–H and O–H groups in total. The molecule has 1 rings (SSSR count). The second kappa shape index (κ2) is 3.99. The Morgan fingerprint density at radius 2 is 2.21 bits per heavy atom. The molecule has 76 valence electrons. The molecule has 6 heteroatoms. The normalized spacial score (nSPS) is 10.3. The second-order valence-electron chi connectivity index (χ2n) is 2.45. The lowest BCUT2D eigenvalue weighted by Gasteiger charge is -2.06. The standard InChI is InChI=1S/C8H8F2N2O2/c1-14-5-3-2-4(8(11)13)6(12-5)7(9)10/h2-3,7H,1H3,(H2,11,13). The lowest BCUT2D eigenvalue weighted by molar-refractivity contribution is 0.0982. The van der Waals surface area contributed by atoms with E-state index in [4.69, 9.17) is 5.73 Å². The number of hydrogen-bond donors (Lipinski definition) is 1. The predicted octanol–water partition coefficient (Wildman–Crippen LogP) is 1.13. The molecule has 0 saturated carbocycles. The van der Waals surface area contributed by atoms with E-state index in [1.807, 2.05) is 0 Å². The van der Waals surface area contributed by atoms with Gasteiger partial charge in [0.1, 0.15) is 5.69 Å². The van der Waals surface area contributed by atoms with Gasteiger partial charge < -0.3 is 10.5 Å². The molecular weight excluding hydrogens is 194 g/mol. The number of carbonyl (C=O) groups excluding carboxylic acids is 1. The number of ether oxygens (including phenoxy) is 1. The summed E-state index contributed by atoms with van der Waals surface area (Å²) in [6.45, 7) is 0. The molecule has 1 aromatic heterocycles. The first kappa shape index (κ1) is 10.4. The van der Waals surface area contributed by atoms with Crippen LogP contribution in [-0.2, 0) is 0 Å². The van der Waals surface area contributed by atoms with Crippen molar-refractivity contribution in [2.75, 3.05) is 7.11 Å². The van der Waals surface area contributed by atoms with Gasteiger partial charge in [0, 0.05) is 6.07 Å². The highest BCUT2D eigenvalue weighted by Crippen LogP contribution is 2.23. The van der Waals surface area contributed by atoms with E-state index in [2.05, 4.69) is 9.72 Å². The van der Waals surface area contributed by atoms with E-state index in [1.54, 1.807) is 0 Å². The number of rotatable bonds is 3. The number of nitrogens with two attached hydrogens (primary N) is 1. The average Bonchev–Trinajstić information content (AvgIpc) is 2.16. The van der Waals surface area contributed by atoms with Crippen LogP contribution in [0.3, 0.4) is 0 Å². The van der Waals surface area contributed by atoms with Crippen LogP contribution in [0.5, 0.6) is 5.88 Å². The first-order valence-corrected chi connectivity index (χ1v) is 3.69. The van der Waals surface area contributed by atoms with Gasteiger partial charge in [0.15, 0.2) is 0 Å². The minimum Gasteiger partial charge on any atom is -0.481 e. The highest BCUT2D eigenvalue weighted by molar-refractivity contribution is 5.94. The van der Waals surface area contributed by atoms with Crippen molar-refractivity contribution in [3.63, 3.8) is 0 Å². The van der Waals surface area contributed by atoms with E-state index >= 15 is 0 Å². The molecule has 0 aliphatic carbocycles. The number of methoxy groups -OCH3 is 1. The maximum Gasteiger partial charge on any atom is 0.281 e. The fourth-order valence-electron chi connectivity index (χ4n) is 0.945. The lowest BCUT2D eigenvalue weighted by atomic mass is 10.2. The lowest BCUT2D eigenvalue weighted by Crippen LogP contribution is -2.15. The highest BCUT2D eigenvalue weighted by Gasteiger charge is 2.19. The minimum absolute atomic E-state index is 0.0188. The zero-order chi connectivity index (χ0) is 10.7. The Balaban J connectivity index is 3.24. The molecular formula is C8H8F2N2O2. The van der Waals surface area contributed by atoms with Gasteiger partial charge in [-0.3, -0.25) is 4.79 Å². The van der Waals surface area contributed by atoms with Gasteiger partial charge in [-0.15, -0.1) is 0 Å². The van der Waals surface area contributed by atoms with Crippen LogP contribution in [-0.4, -0.2) is 18.0 Å². The van der Waals surface area contributed by atoms with Crippen LogP contribution in [0.1, 0.15) is 22.5 Å². The molecule has 0 aliphatic rings. The van der Waals surface area contributed by atoms with Gasteiger partial charge >= 0.3 is 0 Å². The van der Waals surface area contributed by atoms with Crippen molar-refractivity contribution in [3.05, 3.63) is 23.4 Å². The zero-order valence-corrected chi connectivity index (χ0v) is 7.33. The number of primary amides is 1. The molecule has 0 radical (unpaired) electrons. The van der Waals surface area contributed by atoms with Crippen molar-refractivity contribution in [1.29, 1.82) is 0 Å². The van der Waals surface area contributed by atoms with E-state index in [-0.39, 0.29) is 11.4 Å². The van der Waals surface area contributed by atoms with Crippen molar-refractivity contribution in [2.45, 2.75) is 6.43 Å². The fraction of sp³-hybridized carbons (Fsp3) is 0.250.